The largest absolute Gasteiger partial charge is 0.671 e. The van der Waals surface area contributed by atoms with Crippen molar-refractivity contribution in [1.29, 1.82) is 0 Å². The lowest BCUT2D eigenvalue weighted by atomic mass is 9.90. The highest BCUT2D eigenvalue weighted by Crippen LogP contribution is 2.26. The molecule has 1 aliphatic heterocycles. The Balaban J connectivity index is 2.45. The summed E-state index contributed by atoms with van der Waals surface area (Å²) in [6, 6.07) is 0. The zero-order chi connectivity index (χ0) is 7.78. The predicted octanol–water partition coefficient (Wildman–Crippen LogP) is 1.57. The molecule has 58 valence electrons. The van der Waals surface area contributed by atoms with E-state index in [1.54, 1.807) is 0 Å². The van der Waals surface area contributed by atoms with Gasteiger partial charge in [0.2, 0.25) is 0 Å². The van der Waals surface area contributed by atoms with Crippen molar-refractivity contribution in [3.8, 4) is 0 Å². The summed E-state index contributed by atoms with van der Waals surface area (Å²) in [5.74, 6) is 2.08. The number of rotatable bonds is 0. The summed E-state index contributed by atoms with van der Waals surface area (Å²) in [7, 11) is 0. The summed E-state index contributed by atoms with van der Waals surface area (Å²) in [6.07, 6.45) is 0.328. The smallest absolute Gasteiger partial charge is 0.476 e. The van der Waals surface area contributed by atoms with Gasteiger partial charge in [0.25, 0.3) is 0 Å². The molecule has 1 rings (SSSR count). The van der Waals surface area contributed by atoms with Crippen LogP contribution in [-0.4, -0.2) is 27.5 Å². The first-order valence-electron chi connectivity index (χ1n) is 3.77. The summed E-state index contributed by atoms with van der Waals surface area (Å²) in [5.41, 5.74) is 0.248. The topological polar surface area (TPSA) is 18.5 Å². The standard InChI is InChI=1S/C6H12O2.CH3.Al/c1-6(2,3)5(8)4-7;;/h5H,4H2,1-3H3;1H3;/q-2;;+2. The van der Waals surface area contributed by atoms with Gasteiger partial charge in [-0.3, -0.25) is 0 Å². The molecule has 1 aliphatic rings. The van der Waals surface area contributed by atoms with Crippen LogP contribution in [0.15, 0.2) is 0 Å². The molecular formula is C7H15AlO2. The first-order valence-corrected chi connectivity index (χ1v) is 5.87. The Morgan fingerprint density at radius 1 is 1.40 bits per heavy atom. The molecule has 1 fully saturated rings. The monoisotopic (exact) mass is 158 g/mol. The number of hydrogen-bond donors (Lipinski definition) is 0. The second kappa shape index (κ2) is 2.83. The van der Waals surface area contributed by atoms with Gasteiger partial charge in [0.1, 0.15) is 0 Å². The Labute approximate surface area is 67.6 Å². The minimum Gasteiger partial charge on any atom is -0.476 e. The summed E-state index contributed by atoms with van der Waals surface area (Å²) in [5, 5.41) is 0. The fourth-order valence-electron chi connectivity index (χ4n) is 0.987. The van der Waals surface area contributed by atoms with Crippen molar-refractivity contribution in [1.82, 2.24) is 0 Å². The van der Waals surface area contributed by atoms with E-state index in [1.165, 1.54) is 0 Å². The van der Waals surface area contributed by atoms with Crippen molar-refractivity contribution in [3.63, 3.8) is 0 Å². The molecular weight excluding hydrogens is 143 g/mol. The molecule has 0 saturated carbocycles. The molecule has 0 bridgehead atoms. The average molecular weight is 158 g/mol. The van der Waals surface area contributed by atoms with Crippen molar-refractivity contribution in [2.75, 3.05) is 6.61 Å². The zero-order valence-corrected chi connectivity index (χ0v) is 8.33. The summed E-state index contributed by atoms with van der Waals surface area (Å²) in [6.45, 7) is 7.37. The van der Waals surface area contributed by atoms with Gasteiger partial charge in [-0.25, -0.2) is 0 Å². The molecule has 0 aromatic carbocycles. The van der Waals surface area contributed by atoms with E-state index in [9.17, 15) is 0 Å². The van der Waals surface area contributed by atoms with E-state index in [4.69, 9.17) is 7.58 Å². The third-order valence-electron chi connectivity index (χ3n) is 1.80. The molecule has 0 aliphatic carbocycles. The molecule has 0 spiro atoms. The van der Waals surface area contributed by atoms with Gasteiger partial charge in [-0.1, -0.05) is 26.6 Å². The maximum Gasteiger partial charge on any atom is 0.671 e. The van der Waals surface area contributed by atoms with E-state index in [0.29, 0.717) is 6.10 Å². The summed E-state index contributed by atoms with van der Waals surface area (Å²) < 4.78 is 11.1. The Morgan fingerprint density at radius 2 is 2.00 bits per heavy atom. The lowest BCUT2D eigenvalue weighted by Gasteiger charge is -2.26. The van der Waals surface area contributed by atoms with Gasteiger partial charge in [-0.15, -0.1) is 0 Å². The van der Waals surface area contributed by atoms with Crippen LogP contribution in [0, 0.1) is 5.41 Å². The quantitative estimate of drug-likeness (QED) is 0.498. The van der Waals surface area contributed by atoms with Crippen LogP contribution in [-0.2, 0) is 7.58 Å². The second-order valence-corrected chi connectivity index (χ2v) is 5.63. The molecule has 1 unspecified atom stereocenters. The van der Waals surface area contributed by atoms with Crippen molar-refractivity contribution in [3.05, 3.63) is 0 Å². The van der Waals surface area contributed by atoms with Crippen LogP contribution >= 0.6 is 0 Å². The van der Waals surface area contributed by atoms with E-state index >= 15 is 0 Å². The number of hydrogen-bond acceptors (Lipinski definition) is 2. The molecule has 1 heterocycles. The van der Waals surface area contributed by atoms with Crippen LogP contribution in [0.5, 0.6) is 0 Å². The highest BCUT2D eigenvalue weighted by atomic mass is 27.2. The fraction of sp³-hybridized carbons (Fsp3) is 1.00. The van der Waals surface area contributed by atoms with Gasteiger partial charge in [-0.2, -0.15) is 0 Å². The second-order valence-electron chi connectivity index (χ2n) is 3.89. The lowest BCUT2D eigenvalue weighted by Crippen LogP contribution is -2.28. The van der Waals surface area contributed by atoms with Gasteiger partial charge in [-0.05, 0) is 5.41 Å². The molecule has 10 heavy (non-hydrogen) atoms. The third kappa shape index (κ3) is 1.97. The Bertz CT molecular complexity index is 119. The molecule has 3 heteroatoms. The van der Waals surface area contributed by atoms with Gasteiger partial charge in [0, 0.05) is 6.61 Å². The van der Waals surface area contributed by atoms with E-state index in [-0.39, 0.29) is 5.41 Å². The van der Waals surface area contributed by atoms with Crippen molar-refractivity contribution in [2.45, 2.75) is 32.7 Å². The molecule has 1 saturated heterocycles. The van der Waals surface area contributed by atoms with Crippen molar-refractivity contribution < 1.29 is 7.58 Å². The van der Waals surface area contributed by atoms with Gasteiger partial charge in [0.15, 0.2) is 0 Å². The molecule has 1 atom stereocenters. The summed E-state index contributed by atoms with van der Waals surface area (Å²) in [4.78, 5) is 0. The Kier molecular flexibility index (Phi) is 2.42. The Hall–Kier alpha value is 0.452. The molecule has 0 aromatic rings. The van der Waals surface area contributed by atoms with Crippen molar-refractivity contribution in [2.24, 2.45) is 5.41 Å². The maximum atomic E-state index is 5.64. The molecule has 0 amide bonds. The predicted molar refractivity (Wildman–Crippen MR) is 41.9 cm³/mol. The van der Waals surface area contributed by atoms with Gasteiger partial charge < -0.3 is 7.58 Å². The van der Waals surface area contributed by atoms with Crippen LogP contribution in [0.4, 0.5) is 0 Å². The lowest BCUT2D eigenvalue weighted by molar-refractivity contribution is 0.107. The van der Waals surface area contributed by atoms with Gasteiger partial charge >= 0.3 is 14.8 Å². The average Bonchev–Trinajstić information content (AvgIpc) is 2.11. The zero-order valence-electron chi connectivity index (χ0n) is 7.18. The van der Waals surface area contributed by atoms with E-state index in [2.05, 4.69) is 26.6 Å². The minimum absolute atomic E-state index is 0.248. The molecule has 0 aromatic heterocycles. The van der Waals surface area contributed by atoms with E-state index < -0.39 is 14.8 Å². The highest BCUT2D eigenvalue weighted by molar-refractivity contribution is 6.43. The molecule has 2 nitrogen and oxygen atoms in total. The normalized spacial score (nSPS) is 27.6. The van der Waals surface area contributed by atoms with Crippen LogP contribution in [0.2, 0.25) is 5.79 Å². The van der Waals surface area contributed by atoms with Crippen LogP contribution < -0.4 is 0 Å². The first-order chi connectivity index (χ1) is 4.50. The third-order valence-corrected chi connectivity index (χ3v) is 3.18. The fourth-order valence-corrected chi connectivity index (χ4v) is 2.46. The minimum atomic E-state index is -1.21. The van der Waals surface area contributed by atoms with Crippen LogP contribution in [0.3, 0.4) is 0 Å². The summed E-state index contributed by atoms with van der Waals surface area (Å²) >= 11 is -1.21. The maximum absolute atomic E-state index is 5.64. The van der Waals surface area contributed by atoms with Gasteiger partial charge in [0.05, 0.1) is 6.10 Å². The SMILES string of the molecule is [CH3][Al]1[O]CC(C(C)(C)C)[O]1. The van der Waals surface area contributed by atoms with Crippen molar-refractivity contribution >= 4 is 14.8 Å². The Morgan fingerprint density at radius 3 is 2.20 bits per heavy atom. The molecule has 0 N–H and O–H groups in total. The van der Waals surface area contributed by atoms with E-state index in [0.717, 1.165) is 6.61 Å². The highest BCUT2D eigenvalue weighted by Gasteiger charge is 2.37. The van der Waals surface area contributed by atoms with E-state index in [1.807, 2.05) is 0 Å². The first kappa shape index (κ1) is 8.55. The van der Waals surface area contributed by atoms with Crippen LogP contribution in [0.25, 0.3) is 0 Å². The van der Waals surface area contributed by atoms with Crippen LogP contribution in [0.1, 0.15) is 20.8 Å². The molecule has 0 radical (unpaired) electrons.